The lowest BCUT2D eigenvalue weighted by atomic mass is 9.82. The zero-order chi connectivity index (χ0) is 17.4. The van der Waals surface area contributed by atoms with Crippen LogP contribution in [0.25, 0.3) is 0 Å². The van der Waals surface area contributed by atoms with Crippen LogP contribution < -0.4 is 0 Å². The van der Waals surface area contributed by atoms with Crippen LogP contribution in [0.1, 0.15) is 24.0 Å². The van der Waals surface area contributed by atoms with Crippen molar-refractivity contribution in [1.29, 1.82) is 5.26 Å². The van der Waals surface area contributed by atoms with Crippen molar-refractivity contribution < 1.29 is 26.7 Å². The lowest BCUT2D eigenvalue weighted by Crippen LogP contribution is -2.39. The van der Waals surface area contributed by atoms with E-state index in [0.717, 1.165) is 16.4 Å². The van der Waals surface area contributed by atoms with Crippen molar-refractivity contribution in [1.82, 2.24) is 4.31 Å². The Morgan fingerprint density at radius 3 is 2.48 bits per heavy atom. The first kappa shape index (κ1) is 17.7. The molecule has 1 fully saturated rings. The monoisotopic (exact) mass is 348 g/mol. The van der Waals surface area contributed by atoms with Gasteiger partial charge in [-0.15, -0.1) is 0 Å². The van der Waals surface area contributed by atoms with Gasteiger partial charge in [-0.05, 0) is 37.0 Å². The van der Waals surface area contributed by atoms with Crippen molar-refractivity contribution in [3.8, 4) is 6.07 Å². The Hall–Kier alpha value is -1.63. The van der Waals surface area contributed by atoms with Crippen molar-refractivity contribution >= 4 is 10.0 Å². The predicted octanol–water partition coefficient (Wildman–Crippen LogP) is 1.97. The predicted molar refractivity (Wildman–Crippen MR) is 74.7 cm³/mol. The molecular formula is C14H15F3N2O3S. The van der Waals surface area contributed by atoms with E-state index in [9.17, 15) is 26.7 Å². The van der Waals surface area contributed by atoms with Crippen molar-refractivity contribution in [2.24, 2.45) is 5.92 Å². The number of hydrogen-bond donors (Lipinski definition) is 1. The summed E-state index contributed by atoms with van der Waals surface area (Å²) in [4.78, 5) is -0.357. The Bertz CT molecular complexity index is 735. The number of rotatable bonds is 4. The third-order valence-electron chi connectivity index (χ3n) is 3.85. The van der Waals surface area contributed by atoms with Crippen LogP contribution in [0.3, 0.4) is 0 Å². The normalized spacial score (nSPS) is 21.8. The third-order valence-corrected chi connectivity index (χ3v) is 5.67. The second-order valence-electron chi connectivity index (χ2n) is 5.59. The van der Waals surface area contributed by atoms with Gasteiger partial charge >= 0.3 is 6.18 Å². The summed E-state index contributed by atoms with van der Waals surface area (Å²) in [5.41, 5.74) is -1.89. The van der Waals surface area contributed by atoms with E-state index in [-0.39, 0.29) is 17.4 Å². The van der Waals surface area contributed by atoms with E-state index < -0.39 is 33.4 Å². The van der Waals surface area contributed by atoms with Gasteiger partial charge in [0.2, 0.25) is 10.0 Å². The van der Waals surface area contributed by atoms with E-state index in [2.05, 4.69) is 0 Å². The molecular weight excluding hydrogens is 333 g/mol. The van der Waals surface area contributed by atoms with Crippen LogP contribution in [0.2, 0.25) is 0 Å². The summed E-state index contributed by atoms with van der Waals surface area (Å²) in [6.07, 6.45) is -4.15. The molecule has 126 valence electrons. The van der Waals surface area contributed by atoms with Crippen LogP contribution in [-0.2, 0) is 16.2 Å². The molecule has 0 atom stereocenters. The number of sulfonamides is 1. The van der Waals surface area contributed by atoms with Crippen LogP contribution in [0.15, 0.2) is 23.1 Å². The zero-order valence-corrected chi connectivity index (χ0v) is 13.0. The minimum atomic E-state index is -4.72. The number of aliphatic hydroxyl groups is 1. The quantitative estimate of drug-likeness (QED) is 0.902. The lowest BCUT2D eigenvalue weighted by Gasteiger charge is -2.34. The fourth-order valence-electron chi connectivity index (χ4n) is 2.51. The molecule has 23 heavy (non-hydrogen) atoms. The van der Waals surface area contributed by atoms with Crippen LogP contribution in [0, 0.1) is 17.2 Å². The van der Waals surface area contributed by atoms with Gasteiger partial charge in [-0.2, -0.15) is 18.4 Å². The summed E-state index contributed by atoms with van der Waals surface area (Å²) in [6.45, 7) is 0.169. The number of hydrogen-bond acceptors (Lipinski definition) is 4. The van der Waals surface area contributed by atoms with Crippen molar-refractivity contribution in [2.75, 3.05) is 13.6 Å². The molecule has 2 rings (SSSR count). The Morgan fingerprint density at radius 2 is 2.00 bits per heavy atom. The first-order chi connectivity index (χ1) is 10.6. The highest BCUT2D eigenvalue weighted by atomic mass is 32.2. The minimum absolute atomic E-state index is 0.0228. The van der Waals surface area contributed by atoms with Gasteiger partial charge in [-0.25, -0.2) is 12.7 Å². The highest BCUT2D eigenvalue weighted by Gasteiger charge is 2.35. The van der Waals surface area contributed by atoms with Crippen molar-refractivity contribution in [2.45, 2.75) is 30.0 Å². The lowest BCUT2D eigenvalue weighted by molar-refractivity contribution is -0.137. The molecule has 1 aromatic rings. The topological polar surface area (TPSA) is 81.4 Å². The van der Waals surface area contributed by atoms with Crippen molar-refractivity contribution in [3.63, 3.8) is 0 Å². The van der Waals surface area contributed by atoms with Gasteiger partial charge in [0.05, 0.1) is 28.2 Å². The zero-order valence-electron chi connectivity index (χ0n) is 12.2. The molecule has 0 amide bonds. The summed E-state index contributed by atoms with van der Waals surface area (Å²) >= 11 is 0. The van der Waals surface area contributed by atoms with Crippen LogP contribution in [-0.4, -0.2) is 37.5 Å². The van der Waals surface area contributed by atoms with E-state index in [1.807, 2.05) is 0 Å². The molecule has 9 heteroatoms. The van der Waals surface area contributed by atoms with Crippen LogP contribution in [0.4, 0.5) is 13.2 Å². The van der Waals surface area contributed by atoms with E-state index in [1.165, 1.54) is 13.1 Å². The molecule has 1 aromatic carbocycles. The Morgan fingerprint density at radius 1 is 1.39 bits per heavy atom. The number of nitriles is 1. The molecule has 0 aromatic heterocycles. The third kappa shape index (κ3) is 3.65. The Balaban J connectivity index is 2.28. The van der Waals surface area contributed by atoms with Gasteiger partial charge in [-0.1, -0.05) is 0 Å². The number of aliphatic hydroxyl groups excluding tert-OH is 1. The molecule has 0 saturated heterocycles. The van der Waals surface area contributed by atoms with Crippen molar-refractivity contribution in [3.05, 3.63) is 29.3 Å². The number of halogens is 3. The summed E-state index contributed by atoms with van der Waals surface area (Å²) in [6, 6.07) is 3.58. The summed E-state index contributed by atoms with van der Waals surface area (Å²) in [5, 5.41) is 18.1. The van der Waals surface area contributed by atoms with Gasteiger partial charge in [0, 0.05) is 13.6 Å². The first-order valence-electron chi connectivity index (χ1n) is 6.81. The second-order valence-corrected chi connectivity index (χ2v) is 7.64. The standard InChI is InChI=1S/C14H15F3N2O3S/c1-19(8-9-4-11(20)5-9)23(21,22)12-2-3-13(14(15,16)17)10(6-12)7-18/h2-3,6,9,11,20H,4-5,8H2,1H3. The van der Waals surface area contributed by atoms with Gasteiger partial charge < -0.3 is 5.11 Å². The molecule has 1 aliphatic rings. The molecule has 0 radical (unpaired) electrons. The van der Waals surface area contributed by atoms with Gasteiger partial charge in [0.1, 0.15) is 0 Å². The van der Waals surface area contributed by atoms with E-state index in [4.69, 9.17) is 5.26 Å². The Labute approximate surface area is 132 Å². The molecule has 1 saturated carbocycles. The molecule has 0 heterocycles. The molecule has 0 aliphatic heterocycles. The molecule has 5 nitrogen and oxygen atoms in total. The number of nitrogens with zero attached hydrogens (tertiary/aromatic N) is 2. The molecule has 1 N–H and O–H groups in total. The summed E-state index contributed by atoms with van der Waals surface area (Å²) in [7, 11) is -2.67. The summed E-state index contributed by atoms with van der Waals surface area (Å²) < 4.78 is 64.1. The number of benzene rings is 1. The fraction of sp³-hybridized carbons (Fsp3) is 0.500. The largest absolute Gasteiger partial charge is 0.417 e. The average Bonchev–Trinajstić information content (AvgIpc) is 2.43. The van der Waals surface area contributed by atoms with Crippen LogP contribution in [0.5, 0.6) is 0 Å². The summed E-state index contributed by atoms with van der Waals surface area (Å²) in [5.74, 6) is 0.0228. The van der Waals surface area contributed by atoms with Gasteiger partial charge in [0.15, 0.2) is 0 Å². The molecule has 0 bridgehead atoms. The first-order valence-corrected chi connectivity index (χ1v) is 8.25. The highest BCUT2D eigenvalue weighted by molar-refractivity contribution is 7.89. The van der Waals surface area contributed by atoms with E-state index >= 15 is 0 Å². The number of alkyl halides is 3. The second kappa shape index (κ2) is 6.11. The van der Waals surface area contributed by atoms with Crippen LogP contribution >= 0.6 is 0 Å². The maximum Gasteiger partial charge on any atom is 0.417 e. The molecule has 1 aliphatic carbocycles. The minimum Gasteiger partial charge on any atom is -0.393 e. The van der Waals surface area contributed by atoms with Gasteiger partial charge in [-0.3, -0.25) is 0 Å². The molecule has 0 spiro atoms. The SMILES string of the molecule is CN(CC1CC(O)C1)S(=O)(=O)c1ccc(C(F)(F)F)c(C#N)c1. The fourth-order valence-corrected chi connectivity index (χ4v) is 3.79. The molecule has 0 unspecified atom stereocenters. The smallest absolute Gasteiger partial charge is 0.393 e. The maximum atomic E-state index is 12.7. The highest BCUT2D eigenvalue weighted by Crippen LogP contribution is 2.34. The van der Waals surface area contributed by atoms with Gasteiger partial charge in [0.25, 0.3) is 0 Å². The average molecular weight is 348 g/mol. The van der Waals surface area contributed by atoms with E-state index in [0.29, 0.717) is 18.9 Å². The van der Waals surface area contributed by atoms with E-state index in [1.54, 1.807) is 0 Å². The maximum absolute atomic E-state index is 12.7. The Kier molecular flexibility index (Phi) is 4.71.